The molecule has 2 amide bonds. The first-order valence-corrected chi connectivity index (χ1v) is 8.13. The molecule has 0 aliphatic carbocycles. The van der Waals surface area contributed by atoms with Crippen molar-refractivity contribution in [2.24, 2.45) is 0 Å². The van der Waals surface area contributed by atoms with E-state index in [-0.39, 0.29) is 18.7 Å². The highest BCUT2D eigenvalue weighted by Crippen LogP contribution is 2.23. The Morgan fingerprint density at radius 2 is 2.04 bits per heavy atom. The van der Waals surface area contributed by atoms with Crippen molar-refractivity contribution in [2.75, 3.05) is 45.2 Å². The van der Waals surface area contributed by atoms with Crippen LogP contribution in [0.5, 0.6) is 0 Å². The zero-order valence-corrected chi connectivity index (χ0v) is 14.7. The molecule has 0 radical (unpaired) electrons. The van der Waals surface area contributed by atoms with E-state index in [0.717, 1.165) is 0 Å². The number of rotatable bonds is 5. The molecule has 0 bridgehead atoms. The Balaban J connectivity index is 1.91. The molecule has 2 rings (SSSR count). The van der Waals surface area contributed by atoms with Crippen LogP contribution in [0.4, 0.5) is 10.5 Å². The molecule has 1 aliphatic rings. The van der Waals surface area contributed by atoms with E-state index in [9.17, 15) is 9.59 Å². The van der Waals surface area contributed by atoms with Gasteiger partial charge in [0.05, 0.1) is 19.3 Å². The third-order valence-electron chi connectivity index (χ3n) is 3.46. The highest BCUT2D eigenvalue weighted by molar-refractivity contribution is 6.35. The van der Waals surface area contributed by atoms with Crippen molar-refractivity contribution < 1.29 is 19.4 Å². The smallest absolute Gasteiger partial charge is 0.322 e. The highest BCUT2D eigenvalue weighted by atomic mass is 35.5. The number of hydrogen-bond donors (Lipinski definition) is 2. The molecule has 132 valence electrons. The molecule has 1 fully saturated rings. The van der Waals surface area contributed by atoms with Gasteiger partial charge in [0.15, 0.2) is 0 Å². The fraction of sp³-hybridized carbons (Fsp3) is 0.467. The van der Waals surface area contributed by atoms with Crippen LogP contribution in [0, 0.1) is 0 Å². The summed E-state index contributed by atoms with van der Waals surface area (Å²) < 4.78 is 5.60. The molecule has 1 aromatic rings. The van der Waals surface area contributed by atoms with Crippen molar-refractivity contribution in [1.29, 1.82) is 0 Å². The number of benzene rings is 1. The van der Waals surface area contributed by atoms with Gasteiger partial charge in [0, 0.05) is 35.4 Å². The molecule has 2 N–H and O–H groups in total. The highest BCUT2D eigenvalue weighted by Gasteiger charge is 2.25. The van der Waals surface area contributed by atoms with Crippen molar-refractivity contribution in [3.8, 4) is 0 Å². The summed E-state index contributed by atoms with van der Waals surface area (Å²) in [5, 5.41) is 12.4. The second-order valence-corrected chi connectivity index (χ2v) is 6.49. The van der Waals surface area contributed by atoms with Crippen molar-refractivity contribution >= 4 is 40.9 Å². The molecule has 0 spiro atoms. The van der Waals surface area contributed by atoms with Crippen LogP contribution < -0.4 is 5.32 Å². The van der Waals surface area contributed by atoms with Crippen LogP contribution in [-0.2, 0) is 9.53 Å². The fourth-order valence-corrected chi connectivity index (χ4v) is 3.01. The third-order valence-corrected chi connectivity index (χ3v) is 3.90. The lowest BCUT2D eigenvalue weighted by molar-refractivity contribution is -0.138. The number of halogens is 2. The Hall–Kier alpha value is -1.54. The number of anilines is 1. The monoisotopic (exact) mass is 375 g/mol. The van der Waals surface area contributed by atoms with Gasteiger partial charge in [0.25, 0.3) is 0 Å². The van der Waals surface area contributed by atoms with E-state index in [2.05, 4.69) is 5.32 Å². The van der Waals surface area contributed by atoms with Gasteiger partial charge in [-0.1, -0.05) is 23.2 Å². The zero-order valence-electron chi connectivity index (χ0n) is 13.2. The summed E-state index contributed by atoms with van der Waals surface area (Å²) in [5.41, 5.74) is 0.517. The Morgan fingerprint density at radius 1 is 1.38 bits per heavy atom. The van der Waals surface area contributed by atoms with E-state index >= 15 is 0 Å². The number of likely N-dealkylation sites (N-methyl/N-ethyl adjacent to an activating group) is 1. The molecule has 7 nitrogen and oxygen atoms in total. The van der Waals surface area contributed by atoms with Crippen LogP contribution in [0.3, 0.4) is 0 Å². The van der Waals surface area contributed by atoms with Gasteiger partial charge in [-0.3, -0.25) is 9.69 Å². The maximum absolute atomic E-state index is 12.4. The fourth-order valence-electron chi connectivity index (χ4n) is 2.49. The molecule has 1 atom stereocenters. The number of carbonyl (C=O) groups is 2. The van der Waals surface area contributed by atoms with Gasteiger partial charge in [0.1, 0.15) is 0 Å². The summed E-state index contributed by atoms with van der Waals surface area (Å²) in [6.45, 7) is 1.59. The van der Waals surface area contributed by atoms with Gasteiger partial charge in [0.2, 0.25) is 0 Å². The van der Waals surface area contributed by atoms with Crippen molar-refractivity contribution in [3.05, 3.63) is 28.2 Å². The number of carbonyl (C=O) groups excluding carboxylic acids is 1. The number of amides is 2. The van der Waals surface area contributed by atoms with Crippen molar-refractivity contribution in [3.63, 3.8) is 0 Å². The molecule has 1 heterocycles. The third kappa shape index (κ3) is 5.83. The molecule has 1 aromatic carbocycles. The van der Waals surface area contributed by atoms with Gasteiger partial charge in [-0.15, -0.1) is 0 Å². The maximum atomic E-state index is 12.4. The molecule has 0 aromatic heterocycles. The molecule has 9 heteroatoms. The summed E-state index contributed by atoms with van der Waals surface area (Å²) >= 11 is 11.8. The minimum absolute atomic E-state index is 0.0763. The van der Waals surface area contributed by atoms with Gasteiger partial charge >= 0.3 is 12.0 Å². The van der Waals surface area contributed by atoms with E-state index in [1.54, 1.807) is 35.0 Å². The first-order valence-electron chi connectivity index (χ1n) is 7.37. The maximum Gasteiger partial charge on any atom is 0.322 e. The van der Waals surface area contributed by atoms with E-state index < -0.39 is 5.97 Å². The molecule has 0 saturated carbocycles. The van der Waals surface area contributed by atoms with E-state index in [1.165, 1.54) is 0 Å². The van der Waals surface area contributed by atoms with Gasteiger partial charge in [-0.25, -0.2) is 4.79 Å². The molecule has 1 saturated heterocycles. The Bertz CT molecular complexity index is 594. The summed E-state index contributed by atoms with van der Waals surface area (Å²) in [7, 11) is 1.70. The average Bonchev–Trinajstić information content (AvgIpc) is 2.45. The van der Waals surface area contributed by atoms with E-state index in [0.29, 0.717) is 42.0 Å². The Kier molecular flexibility index (Phi) is 6.68. The second-order valence-electron chi connectivity index (χ2n) is 5.62. The molecular formula is C15H19Cl2N3O4. The van der Waals surface area contributed by atoms with Crippen LogP contribution >= 0.6 is 23.2 Å². The number of nitrogens with zero attached hydrogens (tertiary/aromatic N) is 2. The van der Waals surface area contributed by atoms with Crippen LogP contribution in [0.2, 0.25) is 10.0 Å². The van der Waals surface area contributed by atoms with E-state index in [1.807, 2.05) is 0 Å². The van der Waals surface area contributed by atoms with Gasteiger partial charge < -0.3 is 20.1 Å². The standard InChI is InChI=1S/C15H19Cl2N3O4/c1-19(9-14(21)22)7-13-8-20(2-3-24-13)15(23)18-12-5-10(16)4-11(17)6-12/h4-6,13H,2-3,7-9H2,1H3,(H,18,23)(H,21,22). The summed E-state index contributed by atoms with van der Waals surface area (Å²) in [4.78, 5) is 26.3. The molecular weight excluding hydrogens is 357 g/mol. The summed E-state index contributed by atoms with van der Waals surface area (Å²) in [5.74, 6) is -0.902. The van der Waals surface area contributed by atoms with Gasteiger partial charge in [-0.2, -0.15) is 0 Å². The number of urea groups is 1. The van der Waals surface area contributed by atoms with Crippen LogP contribution in [0.25, 0.3) is 0 Å². The topological polar surface area (TPSA) is 82.1 Å². The number of nitrogens with one attached hydrogen (secondary N) is 1. The number of aliphatic carboxylic acids is 1. The minimum atomic E-state index is -0.902. The van der Waals surface area contributed by atoms with Crippen LogP contribution in [-0.4, -0.2) is 72.8 Å². The molecule has 1 unspecified atom stereocenters. The average molecular weight is 376 g/mol. The normalized spacial score (nSPS) is 17.8. The van der Waals surface area contributed by atoms with Gasteiger partial charge in [-0.05, 0) is 25.2 Å². The zero-order chi connectivity index (χ0) is 17.7. The molecule has 24 heavy (non-hydrogen) atoms. The SMILES string of the molecule is CN(CC(=O)O)CC1CN(C(=O)Nc2cc(Cl)cc(Cl)c2)CCO1. The second kappa shape index (κ2) is 8.53. The number of morpholine rings is 1. The number of hydrogen-bond acceptors (Lipinski definition) is 4. The Morgan fingerprint density at radius 3 is 2.67 bits per heavy atom. The molecule has 1 aliphatic heterocycles. The predicted molar refractivity (Wildman–Crippen MR) is 91.9 cm³/mol. The number of carboxylic acid groups (broad SMARTS) is 1. The lowest BCUT2D eigenvalue weighted by atomic mass is 10.2. The lowest BCUT2D eigenvalue weighted by Crippen LogP contribution is -2.50. The lowest BCUT2D eigenvalue weighted by Gasteiger charge is -2.34. The predicted octanol–water partition coefficient (Wildman–Crippen LogP) is 2.24. The first kappa shape index (κ1) is 18.8. The quantitative estimate of drug-likeness (QED) is 0.824. The van der Waals surface area contributed by atoms with Crippen LogP contribution in [0.1, 0.15) is 0 Å². The minimum Gasteiger partial charge on any atom is -0.480 e. The number of ether oxygens (including phenoxy) is 1. The van der Waals surface area contributed by atoms with Crippen LogP contribution in [0.15, 0.2) is 18.2 Å². The van der Waals surface area contributed by atoms with E-state index in [4.69, 9.17) is 33.0 Å². The van der Waals surface area contributed by atoms with Crippen molar-refractivity contribution in [2.45, 2.75) is 6.10 Å². The van der Waals surface area contributed by atoms with Crippen molar-refractivity contribution in [1.82, 2.24) is 9.80 Å². The largest absolute Gasteiger partial charge is 0.480 e. The Labute approximate surface area is 150 Å². The summed E-state index contributed by atoms with van der Waals surface area (Å²) in [6.07, 6.45) is -0.239. The summed E-state index contributed by atoms with van der Waals surface area (Å²) in [6, 6.07) is 4.54. The first-order chi connectivity index (χ1) is 11.3. The number of carboxylic acids is 1.